The summed E-state index contributed by atoms with van der Waals surface area (Å²) in [6.07, 6.45) is 8.99. The highest BCUT2D eigenvalue weighted by atomic mass is 16.5. The first-order chi connectivity index (χ1) is 18.2. The highest BCUT2D eigenvalue weighted by Gasteiger charge is 2.64. The minimum absolute atomic E-state index is 0.194. The zero-order valence-corrected chi connectivity index (χ0v) is 24.1. The third kappa shape index (κ3) is 4.91. The molecule has 1 amide bonds. The van der Waals surface area contributed by atoms with Crippen LogP contribution in [0.25, 0.3) is 0 Å². The summed E-state index contributed by atoms with van der Waals surface area (Å²) >= 11 is 0. The van der Waals surface area contributed by atoms with E-state index >= 15 is 0 Å². The summed E-state index contributed by atoms with van der Waals surface area (Å²) < 4.78 is 5.40. The van der Waals surface area contributed by atoms with Crippen LogP contribution in [0.4, 0.5) is 4.79 Å². The number of aliphatic hydroxyl groups is 2. The fourth-order valence-electron chi connectivity index (χ4n) is 10.3. The van der Waals surface area contributed by atoms with E-state index in [4.69, 9.17) is 4.74 Å². The van der Waals surface area contributed by atoms with E-state index in [1.807, 2.05) is 30.3 Å². The van der Waals surface area contributed by atoms with Gasteiger partial charge >= 0.3 is 6.09 Å². The highest BCUT2D eigenvalue weighted by Crippen LogP contribution is 2.69. The van der Waals surface area contributed by atoms with E-state index in [0.717, 1.165) is 37.7 Å². The number of benzene rings is 1. The second-order valence-electron chi connectivity index (χ2n) is 13.9. The average Bonchev–Trinajstić information content (AvgIpc) is 3.26. The number of hydrogen-bond donors (Lipinski definition) is 3. The van der Waals surface area contributed by atoms with Gasteiger partial charge in [-0.05, 0) is 109 Å². The van der Waals surface area contributed by atoms with Gasteiger partial charge in [0.1, 0.15) is 6.61 Å². The minimum Gasteiger partial charge on any atom is -0.445 e. The fraction of sp³-hybridized carbons (Fsp3) is 0.788. The average molecular weight is 526 g/mol. The Kier molecular flexibility index (Phi) is 8.18. The number of carbonyl (C=O) groups excluding carboxylic acids is 1. The molecule has 4 aliphatic carbocycles. The van der Waals surface area contributed by atoms with Gasteiger partial charge in [-0.3, -0.25) is 0 Å². The van der Waals surface area contributed by atoms with E-state index < -0.39 is 0 Å². The molecule has 5 heteroatoms. The Bertz CT molecular complexity index is 954. The molecule has 5 rings (SSSR count). The molecule has 0 radical (unpaired) electrons. The molecule has 0 saturated heterocycles. The number of alkyl carbamates (subject to hydrolysis) is 1. The topological polar surface area (TPSA) is 78.8 Å². The Morgan fingerprint density at radius 1 is 1.03 bits per heavy atom. The number of amides is 1. The van der Waals surface area contributed by atoms with E-state index in [2.05, 4.69) is 33.0 Å². The van der Waals surface area contributed by atoms with E-state index in [1.165, 1.54) is 25.7 Å². The van der Waals surface area contributed by atoms with Crippen molar-refractivity contribution in [2.24, 2.45) is 52.3 Å². The van der Waals surface area contributed by atoms with Gasteiger partial charge in [0, 0.05) is 6.54 Å². The van der Waals surface area contributed by atoms with E-state index in [1.54, 1.807) is 0 Å². The number of carbonyl (C=O) groups is 1. The molecule has 4 saturated carbocycles. The Labute approximate surface area is 230 Å². The van der Waals surface area contributed by atoms with Crippen LogP contribution >= 0.6 is 0 Å². The third-order valence-corrected chi connectivity index (χ3v) is 12.2. The third-order valence-electron chi connectivity index (χ3n) is 12.2. The standard InChI is InChI=1S/C33H51NO4/c1-5-24-28-19-23(35)13-16-33(28,4)27-14-17-32(3)25(11-12-26(32)29(27)30(24)36)21(2)15-18-34-31(37)38-20-22-9-7-6-8-10-22/h6-10,21,23-30,35-36H,5,11-20H2,1-4H3,(H,34,37)/t21?,23-,24-,25-,26?,27?,28+,29?,30-,32-,33-/m1/s1. The van der Waals surface area contributed by atoms with E-state index in [0.29, 0.717) is 54.6 Å². The lowest BCUT2D eigenvalue weighted by atomic mass is 9.41. The Balaban J connectivity index is 1.21. The SMILES string of the molecule is CC[C@H]1[C@@H](O)C2C3CC[C@H](C(C)CCNC(=O)OCc4ccccc4)[C@@]3(C)CCC2[C@@]2(C)CC[C@@H](O)C[C@@H]12. The smallest absolute Gasteiger partial charge is 0.407 e. The zero-order chi connectivity index (χ0) is 27.1. The summed E-state index contributed by atoms with van der Waals surface area (Å²) in [4.78, 5) is 12.3. The van der Waals surface area contributed by atoms with Crippen molar-refractivity contribution >= 4 is 6.09 Å². The number of fused-ring (bicyclic) bond motifs is 5. The quantitative estimate of drug-likeness (QED) is 0.376. The summed E-state index contributed by atoms with van der Waals surface area (Å²) in [5.74, 6) is 3.44. The Morgan fingerprint density at radius 2 is 1.74 bits per heavy atom. The van der Waals surface area contributed by atoms with Crippen molar-refractivity contribution in [2.75, 3.05) is 6.54 Å². The van der Waals surface area contributed by atoms with Gasteiger partial charge in [0.2, 0.25) is 0 Å². The lowest BCUT2D eigenvalue weighted by Gasteiger charge is -2.64. The molecule has 3 N–H and O–H groups in total. The number of nitrogens with one attached hydrogen (secondary N) is 1. The van der Waals surface area contributed by atoms with Crippen molar-refractivity contribution in [3.8, 4) is 0 Å². The maximum atomic E-state index is 12.3. The predicted octanol–water partition coefficient (Wildman–Crippen LogP) is 6.57. The molecule has 5 nitrogen and oxygen atoms in total. The molecule has 0 heterocycles. The lowest BCUT2D eigenvalue weighted by molar-refractivity contribution is -0.203. The zero-order valence-electron chi connectivity index (χ0n) is 24.1. The molecule has 0 bridgehead atoms. The van der Waals surface area contributed by atoms with Gasteiger partial charge in [0.25, 0.3) is 0 Å². The van der Waals surface area contributed by atoms with Gasteiger partial charge in [-0.25, -0.2) is 4.79 Å². The molecule has 0 spiro atoms. The molecule has 11 atom stereocenters. The molecule has 38 heavy (non-hydrogen) atoms. The van der Waals surface area contributed by atoms with Crippen molar-refractivity contribution in [1.29, 1.82) is 0 Å². The van der Waals surface area contributed by atoms with Crippen molar-refractivity contribution in [1.82, 2.24) is 5.32 Å². The largest absolute Gasteiger partial charge is 0.445 e. The predicted molar refractivity (Wildman–Crippen MR) is 150 cm³/mol. The molecule has 1 aromatic carbocycles. The maximum absolute atomic E-state index is 12.3. The molecule has 0 aromatic heterocycles. The van der Waals surface area contributed by atoms with Gasteiger partial charge in [0.15, 0.2) is 0 Å². The van der Waals surface area contributed by atoms with Crippen LogP contribution in [-0.4, -0.2) is 35.1 Å². The first kappa shape index (κ1) is 28.0. The van der Waals surface area contributed by atoms with Gasteiger partial charge in [-0.1, -0.05) is 64.4 Å². The van der Waals surface area contributed by atoms with E-state index in [9.17, 15) is 15.0 Å². The van der Waals surface area contributed by atoms with Crippen LogP contribution in [0, 0.1) is 52.3 Å². The van der Waals surface area contributed by atoms with E-state index in [-0.39, 0.29) is 29.1 Å². The molecular formula is C33H51NO4. The van der Waals surface area contributed by atoms with Crippen LogP contribution in [0.1, 0.15) is 91.0 Å². The number of ether oxygens (including phenoxy) is 1. The van der Waals surface area contributed by atoms with Gasteiger partial charge in [-0.15, -0.1) is 0 Å². The normalized spacial score (nSPS) is 42.9. The molecule has 1 aromatic rings. The summed E-state index contributed by atoms with van der Waals surface area (Å²) in [5.41, 5.74) is 1.50. The molecule has 4 fully saturated rings. The number of rotatable bonds is 7. The van der Waals surface area contributed by atoms with Crippen LogP contribution in [-0.2, 0) is 11.3 Å². The first-order valence-electron chi connectivity index (χ1n) is 15.5. The minimum atomic E-state index is -0.339. The molecule has 4 unspecified atom stereocenters. The van der Waals surface area contributed by atoms with Crippen LogP contribution < -0.4 is 5.32 Å². The molecular weight excluding hydrogens is 474 g/mol. The second-order valence-corrected chi connectivity index (χ2v) is 13.9. The van der Waals surface area contributed by atoms with Gasteiger partial charge in [-0.2, -0.15) is 0 Å². The Hall–Kier alpha value is -1.59. The second kappa shape index (κ2) is 11.1. The fourth-order valence-corrected chi connectivity index (χ4v) is 10.3. The summed E-state index contributed by atoms with van der Waals surface area (Å²) in [5, 5.41) is 25.4. The monoisotopic (exact) mass is 525 g/mol. The number of hydrogen-bond acceptors (Lipinski definition) is 4. The maximum Gasteiger partial charge on any atom is 0.407 e. The molecule has 212 valence electrons. The highest BCUT2D eigenvalue weighted by molar-refractivity contribution is 5.67. The van der Waals surface area contributed by atoms with Gasteiger partial charge < -0.3 is 20.3 Å². The Morgan fingerprint density at radius 3 is 2.47 bits per heavy atom. The molecule has 4 aliphatic rings. The summed E-state index contributed by atoms with van der Waals surface area (Å²) in [6, 6.07) is 9.79. The lowest BCUT2D eigenvalue weighted by Crippen LogP contribution is -2.62. The van der Waals surface area contributed by atoms with Crippen LogP contribution in [0.5, 0.6) is 0 Å². The first-order valence-corrected chi connectivity index (χ1v) is 15.5. The van der Waals surface area contributed by atoms with Crippen LogP contribution in [0.15, 0.2) is 30.3 Å². The van der Waals surface area contributed by atoms with Gasteiger partial charge in [0.05, 0.1) is 12.2 Å². The van der Waals surface area contributed by atoms with Crippen LogP contribution in [0.3, 0.4) is 0 Å². The molecule has 0 aliphatic heterocycles. The van der Waals surface area contributed by atoms with Crippen molar-refractivity contribution < 1.29 is 19.7 Å². The number of aliphatic hydroxyl groups excluding tert-OH is 2. The van der Waals surface area contributed by atoms with Crippen LogP contribution in [0.2, 0.25) is 0 Å². The summed E-state index contributed by atoms with van der Waals surface area (Å²) in [7, 11) is 0. The van der Waals surface area contributed by atoms with Crippen molar-refractivity contribution in [3.05, 3.63) is 35.9 Å². The van der Waals surface area contributed by atoms with Crippen molar-refractivity contribution in [3.63, 3.8) is 0 Å². The summed E-state index contributed by atoms with van der Waals surface area (Å²) in [6.45, 7) is 10.6. The van der Waals surface area contributed by atoms with Crippen molar-refractivity contribution in [2.45, 2.75) is 104 Å².